The molecule has 1 aromatic carbocycles. The third-order valence-corrected chi connectivity index (χ3v) is 5.09. The highest BCUT2D eigenvalue weighted by Crippen LogP contribution is 2.36. The fourth-order valence-electron chi connectivity index (χ4n) is 3.40. The number of rotatable bonds is 7. The Labute approximate surface area is 157 Å². The first kappa shape index (κ1) is 20.5. The van der Waals surface area contributed by atoms with E-state index in [0.717, 1.165) is 11.1 Å². The topological polar surface area (TPSA) is 116 Å². The second-order valence-corrected chi connectivity index (χ2v) is 7.15. The molecular formula is C19H24N2O6. The predicted octanol–water partition coefficient (Wildman–Crippen LogP) is 2.29. The van der Waals surface area contributed by atoms with E-state index in [4.69, 9.17) is 4.74 Å². The van der Waals surface area contributed by atoms with E-state index < -0.39 is 35.2 Å². The lowest BCUT2D eigenvalue weighted by Gasteiger charge is -2.17. The van der Waals surface area contributed by atoms with Crippen LogP contribution >= 0.6 is 0 Å². The van der Waals surface area contributed by atoms with Gasteiger partial charge in [0.25, 0.3) is 5.91 Å². The monoisotopic (exact) mass is 376 g/mol. The zero-order chi connectivity index (χ0) is 20.1. The quantitative estimate of drug-likeness (QED) is 0.443. The third kappa shape index (κ3) is 5.60. The largest absolute Gasteiger partial charge is 0.456 e. The van der Waals surface area contributed by atoms with Crippen molar-refractivity contribution in [3.63, 3.8) is 0 Å². The number of carbonyl (C=O) groups is 3. The molecule has 0 aliphatic heterocycles. The summed E-state index contributed by atoms with van der Waals surface area (Å²) >= 11 is 0. The van der Waals surface area contributed by atoms with E-state index in [0.29, 0.717) is 5.69 Å². The molecule has 1 aromatic rings. The molecule has 1 aliphatic rings. The Balaban J connectivity index is 1.85. The Bertz CT molecular complexity index is 761. The highest BCUT2D eigenvalue weighted by atomic mass is 16.6. The molecule has 0 spiro atoms. The van der Waals surface area contributed by atoms with Crippen LogP contribution in [0.25, 0.3) is 0 Å². The maximum absolute atomic E-state index is 12.0. The number of nitro groups is 1. The molecule has 0 saturated heterocycles. The van der Waals surface area contributed by atoms with Crippen molar-refractivity contribution < 1.29 is 24.0 Å². The lowest BCUT2D eigenvalue weighted by atomic mass is 9.88. The van der Waals surface area contributed by atoms with Gasteiger partial charge >= 0.3 is 5.97 Å². The zero-order valence-corrected chi connectivity index (χ0v) is 15.7. The molecule has 3 atom stereocenters. The minimum atomic E-state index is -0.722. The molecule has 27 heavy (non-hydrogen) atoms. The fraction of sp³-hybridized carbons (Fsp3) is 0.526. The van der Waals surface area contributed by atoms with E-state index in [-0.39, 0.29) is 31.1 Å². The molecule has 2 rings (SSSR count). The predicted molar refractivity (Wildman–Crippen MR) is 97.8 cm³/mol. The molecule has 8 nitrogen and oxygen atoms in total. The van der Waals surface area contributed by atoms with Gasteiger partial charge in [0.1, 0.15) is 5.78 Å². The van der Waals surface area contributed by atoms with E-state index in [2.05, 4.69) is 5.32 Å². The van der Waals surface area contributed by atoms with E-state index in [1.54, 1.807) is 13.0 Å². The van der Waals surface area contributed by atoms with Crippen LogP contribution in [0.3, 0.4) is 0 Å². The molecule has 1 N–H and O–H groups in total. The second-order valence-electron chi connectivity index (χ2n) is 7.15. The van der Waals surface area contributed by atoms with E-state index in [1.807, 2.05) is 26.0 Å². The number of aryl methyl sites for hydroxylation is 2. The van der Waals surface area contributed by atoms with Gasteiger partial charge in [-0.3, -0.25) is 24.5 Å². The van der Waals surface area contributed by atoms with Gasteiger partial charge in [0, 0.05) is 28.9 Å². The number of Topliss-reactive ketones (excluding diaryl/α,β-unsaturated/α-hetero) is 1. The number of hydrogen-bond donors (Lipinski definition) is 1. The van der Waals surface area contributed by atoms with Crippen molar-refractivity contribution in [1.82, 2.24) is 0 Å². The third-order valence-electron chi connectivity index (χ3n) is 5.09. The maximum atomic E-state index is 12.0. The summed E-state index contributed by atoms with van der Waals surface area (Å²) in [5.41, 5.74) is 2.72. The van der Waals surface area contributed by atoms with Crippen LogP contribution in [0.2, 0.25) is 0 Å². The standard InChI is InChI=1S/C19H24N2O6/c1-11-4-5-14(6-12(11)2)20-18(23)10-27-19(24)8-15-16(9-21(25)26)13(3)7-17(15)22/h4-6,13,15-16H,7-10H2,1-3H3,(H,20,23)/t13-,15+,16-/m1/s1. The Kier molecular flexibility index (Phi) is 6.65. The lowest BCUT2D eigenvalue weighted by molar-refractivity contribution is -0.490. The number of nitrogens with one attached hydrogen (secondary N) is 1. The number of hydrogen-bond acceptors (Lipinski definition) is 6. The average Bonchev–Trinajstić information content (AvgIpc) is 2.83. The van der Waals surface area contributed by atoms with Crippen LogP contribution < -0.4 is 5.32 Å². The zero-order valence-electron chi connectivity index (χ0n) is 15.7. The summed E-state index contributed by atoms with van der Waals surface area (Å²) < 4.78 is 4.96. The summed E-state index contributed by atoms with van der Waals surface area (Å²) in [6.45, 7) is 4.83. The number of nitrogens with zero attached hydrogens (tertiary/aromatic N) is 1. The van der Waals surface area contributed by atoms with Gasteiger partial charge < -0.3 is 10.1 Å². The van der Waals surface area contributed by atoms with Crippen molar-refractivity contribution in [3.05, 3.63) is 39.4 Å². The Morgan fingerprint density at radius 2 is 2.00 bits per heavy atom. The van der Waals surface area contributed by atoms with Crippen molar-refractivity contribution in [2.24, 2.45) is 17.8 Å². The van der Waals surface area contributed by atoms with Crippen LogP contribution in [-0.2, 0) is 19.1 Å². The summed E-state index contributed by atoms with van der Waals surface area (Å²) in [4.78, 5) is 46.3. The number of benzene rings is 1. The second kappa shape index (κ2) is 8.75. The normalized spacial score (nSPS) is 21.7. The number of carbonyl (C=O) groups excluding carboxylic acids is 3. The van der Waals surface area contributed by atoms with Crippen molar-refractivity contribution >= 4 is 23.3 Å². The molecule has 1 fully saturated rings. The van der Waals surface area contributed by atoms with Crippen LogP contribution in [-0.4, -0.2) is 35.7 Å². The SMILES string of the molecule is Cc1ccc(NC(=O)COC(=O)C[C@@H]2C(=O)C[C@@H](C)[C@H]2C[N+](=O)[O-])cc1C. The lowest BCUT2D eigenvalue weighted by Crippen LogP contribution is -2.28. The van der Waals surface area contributed by atoms with Gasteiger partial charge in [-0.05, 0) is 43.0 Å². The van der Waals surface area contributed by atoms with E-state index >= 15 is 0 Å². The minimum absolute atomic E-state index is 0.145. The summed E-state index contributed by atoms with van der Waals surface area (Å²) in [5.74, 6) is -2.70. The number of esters is 1. The first-order valence-corrected chi connectivity index (χ1v) is 8.84. The summed E-state index contributed by atoms with van der Waals surface area (Å²) in [5, 5.41) is 13.4. The molecule has 0 unspecified atom stereocenters. The molecule has 1 saturated carbocycles. The molecule has 0 heterocycles. The fourth-order valence-corrected chi connectivity index (χ4v) is 3.40. The first-order valence-electron chi connectivity index (χ1n) is 8.84. The highest BCUT2D eigenvalue weighted by molar-refractivity contribution is 5.93. The number of ketones is 1. The molecule has 0 radical (unpaired) electrons. The van der Waals surface area contributed by atoms with Crippen molar-refractivity contribution in [2.75, 3.05) is 18.5 Å². The summed E-state index contributed by atoms with van der Waals surface area (Å²) in [6, 6.07) is 5.44. The number of ether oxygens (including phenoxy) is 1. The number of anilines is 1. The van der Waals surface area contributed by atoms with Crippen molar-refractivity contribution in [3.8, 4) is 0 Å². The van der Waals surface area contributed by atoms with Gasteiger partial charge in [0.2, 0.25) is 6.54 Å². The van der Waals surface area contributed by atoms with Crippen LogP contribution in [0, 0.1) is 41.7 Å². The summed E-state index contributed by atoms with van der Waals surface area (Å²) in [7, 11) is 0. The molecule has 8 heteroatoms. The van der Waals surface area contributed by atoms with Gasteiger partial charge in [-0.15, -0.1) is 0 Å². The maximum Gasteiger partial charge on any atom is 0.307 e. The molecule has 1 amide bonds. The summed E-state index contributed by atoms with van der Waals surface area (Å²) in [6.07, 6.45) is -0.0116. The van der Waals surface area contributed by atoms with Crippen LogP contribution in [0.4, 0.5) is 5.69 Å². The first-order chi connectivity index (χ1) is 12.7. The molecule has 1 aliphatic carbocycles. The molecule has 0 bridgehead atoms. The molecule has 146 valence electrons. The number of amides is 1. The van der Waals surface area contributed by atoms with E-state index in [1.165, 1.54) is 0 Å². The Morgan fingerprint density at radius 1 is 1.30 bits per heavy atom. The molecular weight excluding hydrogens is 352 g/mol. The van der Waals surface area contributed by atoms with Gasteiger partial charge in [0.15, 0.2) is 6.61 Å². The smallest absolute Gasteiger partial charge is 0.307 e. The van der Waals surface area contributed by atoms with Gasteiger partial charge in [0.05, 0.1) is 6.42 Å². The Morgan fingerprint density at radius 3 is 2.63 bits per heavy atom. The van der Waals surface area contributed by atoms with Crippen molar-refractivity contribution in [1.29, 1.82) is 0 Å². The van der Waals surface area contributed by atoms with Gasteiger partial charge in [-0.2, -0.15) is 0 Å². The van der Waals surface area contributed by atoms with E-state index in [9.17, 15) is 24.5 Å². The average molecular weight is 376 g/mol. The molecule has 0 aromatic heterocycles. The van der Waals surface area contributed by atoms with Crippen molar-refractivity contribution in [2.45, 2.75) is 33.6 Å². The van der Waals surface area contributed by atoms with Crippen LogP contribution in [0.1, 0.15) is 30.9 Å². The van der Waals surface area contributed by atoms with Gasteiger partial charge in [-0.1, -0.05) is 13.0 Å². The highest BCUT2D eigenvalue weighted by Gasteiger charge is 2.44. The van der Waals surface area contributed by atoms with Crippen LogP contribution in [0.15, 0.2) is 18.2 Å². The van der Waals surface area contributed by atoms with Gasteiger partial charge in [-0.25, -0.2) is 0 Å². The minimum Gasteiger partial charge on any atom is -0.456 e. The Hall–Kier alpha value is -2.77. The van der Waals surface area contributed by atoms with Crippen LogP contribution in [0.5, 0.6) is 0 Å².